The Kier molecular flexibility index (Phi) is 6.65. The maximum Gasteiger partial charge on any atom is 0.188 e. The molecule has 4 nitrogen and oxygen atoms in total. The van der Waals surface area contributed by atoms with Crippen LogP contribution in [0.5, 0.6) is 0 Å². The van der Waals surface area contributed by atoms with Crippen LogP contribution in [-0.4, -0.2) is 43.1 Å². The predicted molar refractivity (Wildman–Crippen MR) is 89.5 cm³/mol. The molecule has 0 bridgehead atoms. The summed E-state index contributed by atoms with van der Waals surface area (Å²) in [6.07, 6.45) is 4.22. The number of aliphatic imine (C=N–C) groups is 1. The van der Waals surface area contributed by atoms with Gasteiger partial charge >= 0.3 is 0 Å². The first-order valence-electron chi connectivity index (χ1n) is 8.21. The molecule has 3 N–H and O–H groups in total. The highest BCUT2D eigenvalue weighted by atomic mass is 19.1. The quantitative estimate of drug-likeness (QED) is 0.461. The Morgan fingerprint density at radius 3 is 3.14 bits per heavy atom. The first-order valence-corrected chi connectivity index (χ1v) is 8.21. The molecular weight excluding hydrogens is 279 g/mol. The standard InChI is InChI=1S/C17H27FN4/c1-2-22-11-5-9-16(22)13-21-17(19)20-10-4-7-14-6-3-8-15(18)12-14/h3,6,8,12,16H,2,4-5,7,9-11,13H2,1H3,(H3,19,20,21). The van der Waals surface area contributed by atoms with Gasteiger partial charge in [0.05, 0.1) is 6.54 Å². The van der Waals surface area contributed by atoms with Gasteiger partial charge in [0.25, 0.3) is 0 Å². The van der Waals surface area contributed by atoms with Crippen LogP contribution in [0.3, 0.4) is 0 Å². The van der Waals surface area contributed by atoms with E-state index in [1.165, 1.54) is 25.5 Å². The van der Waals surface area contributed by atoms with Crippen molar-refractivity contribution in [2.75, 3.05) is 26.2 Å². The summed E-state index contributed by atoms with van der Waals surface area (Å²) in [4.78, 5) is 6.90. The molecule has 0 aromatic heterocycles. The summed E-state index contributed by atoms with van der Waals surface area (Å²) < 4.78 is 13.1. The first kappa shape index (κ1) is 16.7. The smallest absolute Gasteiger partial charge is 0.188 e. The van der Waals surface area contributed by atoms with Gasteiger partial charge in [-0.1, -0.05) is 19.1 Å². The summed E-state index contributed by atoms with van der Waals surface area (Å²) in [7, 11) is 0. The highest BCUT2D eigenvalue weighted by Gasteiger charge is 2.22. The SMILES string of the molecule is CCN1CCCC1CN=C(N)NCCCc1cccc(F)c1. The number of halogens is 1. The van der Waals surface area contributed by atoms with E-state index in [0.717, 1.165) is 38.0 Å². The number of rotatable bonds is 7. The Morgan fingerprint density at radius 1 is 1.50 bits per heavy atom. The Bertz CT molecular complexity index is 489. The van der Waals surface area contributed by atoms with Gasteiger partial charge in [-0.05, 0) is 56.5 Å². The van der Waals surface area contributed by atoms with Gasteiger partial charge in [0.2, 0.25) is 0 Å². The van der Waals surface area contributed by atoms with Crippen molar-refractivity contribution in [1.29, 1.82) is 0 Å². The van der Waals surface area contributed by atoms with Gasteiger partial charge < -0.3 is 11.1 Å². The van der Waals surface area contributed by atoms with Crippen LogP contribution in [0.15, 0.2) is 29.3 Å². The van der Waals surface area contributed by atoms with Gasteiger partial charge in [-0.25, -0.2) is 4.39 Å². The van der Waals surface area contributed by atoms with E-state index in [0.29, 0.717) is 12.0 Å². The number of benzene rings is 1. The second kappa shape index (κ2) is 8.73. The fraction of sp³-hybridized carbons (Fsp3) is 0.588. The third-order valence-electron chi connectivity index (χ3n) is 4.22. The number of aryl methyl sites for hydroxylation is 1. The van der Waals surface area contributed by atoms with Crippen LogP contribution >= 0.6 is 0 Å². The number of nitrogens with zero attached hydrogens (tertiary/aromatic N) is 2. The van der Waals surface area contributed by atoms with E-state index in [1.807, 2.05) is 6.07 Å². The number of hydrogen-bond donors (Lipinski definition) is 2. The van der Waals surface area contributed by atoms with Gasteiger partial charge in [-0.15, -0.1) is 0 Å². The van der Waals surface area contributed by atoms with Crippen molar-refractivity contribution in [2.24, 2.45) is 10.7 Å². The molecule has 1 heterocycles. The zero-order valence-corrected chi connectivity index (χ0v) is 13.4. The van der Waals surface area contributed by atoms with E-state index in [4.69, 9.17) is 5.73 Å². The second-order valence-electron chi connectivity index (χ2n) is 5.81. The van der Waals surface area contributed by atoms with Crippen molar-refractivity contribution >= 4 is 5.96 Å². The fourth-order valence-corrected chi connectivity index (χ4v) is 2.98. The summed E-state index contributed by atoms with van der Waals surface area (Å²) in [6.45, 7) is 5.99. The van der Waals surface area contributed by atoms with Crippen molar-refractivity contribution in [3.8, 4) is 0 Å². The Morgan fingerprint density at radius 2 is 2.36 bits per heavy atom. The van der Waals surface area contributed by atoms with Crippen LogP contribution in [0.25, 0.3) is 0 Å². The van der Waals surface area contributed by atoms with Crippen molar-refractivity contribution < 1.29 is 4.39 Å². The number of nitrogens with two attached hydrogens (primary N) is 1. The van der Waals surface area contributed by atoms with Crippen LogP contribution in [0.2, 0.25) is 0 Å². The minimum absolute atomic E-state index is 0.177. The fourth-order valence-electron chi connectivity index (χ4n) is 2.98. The zero-order valence-electron chi connectivity index (χ0n) is 13.4. The molecule has 1 atom stereocenters. The molecule has 1 unspecified atom stereocenters. The molecule has 0 spiro atoms. The van der Waals surface area contributed by atoms with Gasteiger partial charge in [0, 0.05) is 12.6 Å². The Labute approximate surface area is 132 Å². The average molecular weight is 306 g/mol. The summed E-state index contributed by atoms with van der Waals surface area (Å²) in [6, 6.07) is 7.28. The molecule has 22 heavy (non-hydrogen) atoms. The molecule has 122 valence electrons. The van der Waals surface area contributed by atoms with Crippen LogP contribution in [0.1, 0.15) is 31.7 Å². The Balaban J connectivity index is 1.64. The van der Waals surface area contributed by atoms with E-state index < -0.39 is 0 Å². The molecule has 1 aliphatic rings. The predicted octanol–water partition coefficient (Wildman–Crippen LogP) is 2.15. The van der Waals surface area contributed by atoms with Crippen molar-refractivity contribution in [1.82, 2.24) is 10.2 Å². The van der Waals surface area contributed by atoms with E-state index in [2.05, 4.69) is 22.1 Å². The summed E-state index contributed by atoms with van der Waals surface area (Å²) >= 11 is 0. The van der Waals surface area contributed by atoms with Crippen LogP contribution in [-0.2, 0) is 6.42 Å². The minimum atomic E-state index is -0.177. The molecule has 0 amide bonds. The van der Waals surface area contributed by atoms with Crippen LogP contribution in [0.4, 0.5) is 4.39 Å². The molecule has 1 aliphatic heterocycles. The lowest BCUT2D eigenvalue weighted by molar-refractivity contribution is 0.273. The molecule has 5 heteroatoms. The van der Waals surface area contributed by atoms with Gasteiger partial charge in [0.1, 0.15) is 5.82 Å². The maximum absolute atomic E-state index is 13.1. The normalized spacial score (nSPS) is 19.5. The third-order valence-corrected chi connectivity index (χ3v) is 4.22. The zero-order chi connectivity index (χ0) is 15.8. The van der Waals surface area contributed by atoms with Gasteiger partial charge in [-0.2, -0.15) is 0 Å². The van der Waals surface area contributed by atoms with E-state index >= 15 is 0 Å². The van der Waals surface area contributed by atoms with E-state index in [-0.39, 0.29) is 5.82 Å². The van der Waals surface area contributed by atoms with Crippen molar-refractivity contribution in [3.63, 3.8) is 0 Å². The first-order chi connectivity index (χ1) is 10.7. The molecule has 1 aromatic carbocycles. The Hall–Kier alpha value is -1.62. The largest absolute Gasteiger partial charge is 0.370 e. The maximum atomic E-state index is 13.1. The highest BCUT2D eigenvalue weighted by molar-refractivity contribution is 5.77. The highest BCUT2D eigenvalue weighted by Crippen LogP contribution is 2.16. The number of nitrogens with one attached hydrogen (secondary N) is 1. The average Bonchev–Trinajstić information content (AvgIpc) is 2.97. The van der Waals surface area contributed by atoms with Crippen molar-refractivity contribution in [3.05, 3.63) is 35.6 Å². The summed E-state index contributed by atoms with van der Waals surface area (Å²) in [5.74, 6) is 0.339. The van der Waals surface area contributed by atoms with E-state index in [9.17, 15) is 4.39 Å². The molecule has 2 rings (SSSR count). The molecule has 1 fully saturated rings. The van der Waals surface area contributed by atoms with Gasteiger partial charge in [0.15, 0.2) is 5.96 Å². The topological polar surface area (TPSA) is 53.6 Å². The molecular formula is C17H27FN4. The molecule has 1 saturated heterocycles. The third kappa shape index (κ3) is 5.30. The number of likely N-dealkylation sites (N-methyl/N-ethyl adjacent to an activating group) is 1. The number of guanidine groups is 1. The van der Waals surface area contributed by atoms with Crippen LogP contribution in [0, 0.1) is 5.82 Å². The lowest BCUT2D eigenvalue weighted by atomic mass is 10.1. The van der Waals surface area contributed by atoms with Gasteiger partial charge in [-0.3, -0.25) is 9.89 Å². The second-order valence-corrected chi connectivity index (χ2v) is 5.81. The summed E-state index contributed by atoms with van der Waals surface area (Å²) in [5.41, 5.74) is 6.92. The van der Waals surface area contributed by atoms with E-state index in [1.54, 1.807) is 12.1 Å². The monoisotopic (exact) mass is 306 g/mol. The van der Waals surface area contributed by atoms with Crippen molar-refractivity contribution in [2.45, 2.75) is 38.6 Å². The molecule has 1 aromatic rings. The molecule has 0 saturated carbocycles. The minimum Gasteiger partial charge on any atom is -0.370 e. The summed E-state index contributed by atoms with van der Waals surface area (Å²) in [5, 5.41) is 3.14. The lowest BCUT2D eigenvalue weighted by Crippen LogP contribution is -2.36. The van der Waals surface area contributed by atoms with Crippen LogP contribution < -0.4 is 11.1 Å². The molecule has 0 radical (unpaired) electrons. The number of hydrogen-bond acceptors (Lipinski definition) is 2. The number of likely N-dealkylation sites (tertiary alicyclic amines) is 1. The molecule has 0 aliphatic carbocycles. The lowest BCUT2D eigenvalue weighted by Gasteiger charge is -2.20.